The lowest BCUT2D eigenvalue weighted by Gasteiger charge is -2.38. The number of nitro benzene ring substituents is 1. The van der Waals surface area contributed by atoms with Crippen molar-refractivity contribution in [2.24, 2.45) is 0 Å². The lowest BCUT2D eigenvalue weighted by molar-refractivity contribution is -0.384. The van der Waals surface area contributed by atoms with Gasteiger partial charge in [0.1, 0.15) is 5.69 Å². The fourth-order valence-corrected chi connectivity index (χ4v) is 4.24. The van der Waals surface area contributed by atoms with Gasteiger partial charge < -0.3 is 15.1 Å². The van der Waals surface area contributed by atoms with E-state index in [1.807, 2.05) is 4.90 Å². The van der Waals surface area contributed by atoms with Gasteiger partial charge in [-0.25, -0.2) is 8.42 Å². The number of piperidine rings is 1. The SMILES string of the molecule is CS(=O)(=O)c1ccc(N2CCN(C(=O)C3CCCCN3)CC2)c([N+](=O)[O-])c1.Cl. The highest BCUT2D eigenvalue weighted by Gasteiger charge is 2.30. The molecule has 2 heterocycles. The van der Waals surface area contributed by atoms with Crippen LogP contribution in [0, 0.1) is 10.1 Å². The number of halogens is 1. The van der Waals surface area contributed by atoms with Gasteiger partial charge >= 0.3 is 0 Å². The number of benzene rings is 1. The largest absolute Gasteiger partial charge is 0.362 e. The van der Waals surface area contributed by atoms with Crippen molar-refractivity contribution in [3.63, 3.8) is 0 Å². The Morgan fingerprint density at radius 3 is 2.43 bits per heavy atom. The van der Waals surface area contributed by atoms with Crippen LogP contribution in [0.4, 0.5) is 11.4 Å². The summed E-state index contributed by atoms with van der Waals surface area (Å²) < 4.78 is 23.4. The topological polar surface area (TPSA) is 113 Å². The molecule has 1 N–H and O–H groups in total. The van der Waals surface area contributed by atoms with Crippen LogP contribution in [0.3, 0.4) is 0 Å². The van der Waals surface area contributed by atoms with Crippen molar-refractivity contribution in [1.29, 1.82) is 0 Å². The van der Waals surface area contributed by atoms with Gasteiger partial charge in [0.2, 0.25) is 5.91 Å². The molecule has 1 atom stereocenters. The number of piperazine rings is 1. The van der Waals surface area contributed by atoms with Crippen LogP contribution >= 0.6 is 12.4 Å². The Labute approximate surface area is 170 Å². The van der Waals surface area contributed by atoms with Crippen LogP contribution in [-0.2, 0) is 14.6 Å². The molecular formula is C17H25ClN4O5S. The van der Waals surface area contributed by atoms with E-state index in [9.17, 15) is 23.3 Å². The number of amides is 1. The number of nitrogens with zero attached hydrogens (tertiary/aromatic N) is 3. The molecule has 0 radical (unpaired) electrons. The molecule has 156 valence electrons. The van der Waals surface area contributed by atoms with Crippen molar-refractivity contribution >= 4 is 39.5 Å². The zero-order valence-corrected chi connectivity index (χ0v) is 17.3. The highest BCUT2D eigenvalue weighted by molar-refractivity contribution is 7.90. The first kappa shape index (κ1) is 22.4. The Bertz CT molecular complexity index is 834. The van der Waals surface area contributed by atoms with Gasteiger partial charge in [-0.1, -0.05) is 6.42 Å². The lowest BCUT2D eigenvalue weighted by Crippen LogP contribution is -2.55. The number of sulfone groups is 1. The number of hydrogen-bond acceptors (Lipinski definition) is 7. The molecule has 2 fully saturated rings. The number of rotatable bonds is 4. The Morgan fingerprint density at radius 2 is 1.89 bits per heavy atom. The smallest absolute Gasteiger partial charge is 0.293 e. The zero-order valence-electron chi connectivity index (χ0n) is 15.7. The van der Waals surface area contributed by atoms with Crippen molar-refractivity contribution < 1.29 is 18.1 Å². The van der Waals surface area contributed by atoms with E-state index in [1.54, 1.807) is 4.90 Å². The molecule has 1 amide bonds. The molecule has 0 bridgehead atoms. The molecular weight excluding hydrogens is 408 g/mol. The van der Waals surface area contributed by atoms with Gasteiger partial charge in [-0.15, -0.1) is 12.4 Å². The van der Waals surface area contributed by atoms with Crippen LogP contribution in [-0.4, -0.2) is 69.2 Å². The first-order valence-corrected chi connectivity index (χ1v) is 10.9. The summed E-state index contributed by atoms with van der Waals surface area (Å²) in [6.45, 7) is 2.77. The molecule has 1 aromatic carbocycles. The van der Waals surface area contributed by atoms with E-state index < -0.39 is 14.8 Å². The number of anilines is 1. The van der Waals surface area contributed by atoms with E-state index in [2.05, 4.69) is 5.32 Å². The van der Waals surface area contributed by atoms with Crippen LogP contribution in [0.25, 0.3) is 0 Å². The Morgan fingerprint density at radius 1 is 1.21 bits per heavy atom. The fraction of sp³-hybridized carbons (Fsp3) is 0.588. The summed E-state index contributed by atoms with van der Waals surface area (Å²) in [7, 11) is -3.52. The second-order valence-electron chi connectivity index (χ2n) is 6.99. The molecule has 28 heavy (non-hydrogen) atoms. The zero-order chi connectivity index (χ0) is 19.6. The molecule has 1 unspecified atom stereocenters. The van der Waals surface area contributed by atoms with Gasteiger partial charge in [0, 0.05) is 38.5 Å². The maximum atomic E-state index is 12.6. The molecule has 0 saturated carbocycles. The van der Waals surface area contributed by atoms with E-state index in [1.165, 1.54) is 12.1 Å². The summed E-state index contributed by atoms with van der Waals surface area (Å²) in [5.74, 6) is 0.0938. The van der Waals surface area contributed by atoms with Gasteiger partial charge in [-0.2, -0.15) is 0 Å². The molecule has 0 aliphatic carbocycles. The van der Waals surface area contributed by atoms with E-state index in [0.29, 0.717) is 31.9 Å². The molecule has 11 heteroatoms. The molecule has 2 saturated heterocycles. The van der Waals surface area contributed by atoms with Crippen molar-refractivity contribution in [3.8, 4) is 0 Å². The summed E-state index contributed by atoms with van der Waals surface area (Å²) in [5, 5.41) is 14.7. The normalized spacial score (nSPS) is 20.4. The van der Waals surface area contributed by atoms with Crippen molar-refractivity contribution in [3.05, 3.63) is 28.3 Å². The fourth-order valence-electron chi connectivity index (χ4n) is 3.60. The van der Waals surface area contributed by atoms with Crippen LogP contribution < -0.4 is 10.2 Å². The summed E-state index contributed by atoms with van der Waals surface area (Å²) in [6, 6.07) is 3.85. The van der Waals surface area contributed by atoms with Gasteiger partial charge in [0.05, 0.1) is 15.9 Å². The average molecular weight is 433 g/mol. The summed E-state index contributed by atoms with van der Waals surface area (Å²) in [6.07, 6.45) is 4.00. The van der Waals surface area contributed by atoms with Crippen LogP contribution in [0.5, 0.6) is 0 Å². The number of carbonyl (C=O) groups is 1. The maximum absolute atomic E-state index is 12.6. The highest BCUT2D eigenvalue weighted by Crippen LogP contribution is 2.31. The molecule has 0 aromatic heterocycles. The van der Waals surface area contributed by atoms with E-state index in [-0.39, 0.29) is 34.9 Å². The summed E-state index contributed by atoms with van der Waals surface area (Å²) >= 11 is 0. The standard InChI is InChI=1S/C17H24N4O5S.ClH/c1-27(25,26)13-5-6-15(16(12-13)21(23)24)19-8-10-20(11-9-19)17(22)14-4-2-3-7-18-14;/h5-6,12,14,18H,2-4,7-11H2,1H3;1H. The second kappa shape index (κ2) is 9.06. The van der Waals surface area contributed by atoms with Crippen LogP contribution in [0.2, 0.25) is 0 Å². The summed E-state index contributed by atoms with van der Waals surface area (Å²) in [5.41, 5.74) is 0.155. The minimum absolute atomic E-state index is 0. The molecule has 2 aliphatic rings. The van der Waals surface area contributed by atoms with E-state index in [0.717, 1.165) is 38.1 Å². The van der Waals surface area contributed by atoms with Crippen molar-refractivity contribution in [2.45, 2.75) is 30.2 Å². The minimum atomic E-state index is -3.52. The molecule has 2 aliphatic heterocycles. The number of nitro groups is 1. The van der Waals surface area contributed by atoms with E-state index in [4.69, 9.17) is 0 Å². The Balaban J connectivity index is 0.00000280. The number of nitrogens with one attached hydrogen (secondary N) is 1. The van der Waals surface area contributed by atoms with Gasteiger partial charge in [-0.3, -0.25) is 14.9 Å². The monoisotopic (exact) mass is 432 g/mol. The highest BCUT2D eigenvalue weighted by atomic mass is 35.5. The quantitative estimate of drug-likeness (QED) is 0.562. The minimum Gasteiger partial charge on any atom is -0.362 e. The predicted octanol–water partition coefficient (Wildman–Crippen LogP) is 1.21. The molecule has 9 nitrogen and oxygen atoms in total. The van der Waals surface area contributed by atoms with Crippen LogP contribution in [0.15, 0.2) is 23.1 Å². The van der Waals surface area contributed by atoms with E-state index >= 15 is 0 Å². The van der Waals surface area contributed by atoms with Crippen LogP contribution in [0.1, 0.15) is 19.3 Å². The average Bonchev–Trinajstić information content (AvgIpc) is 2.67. The summed E-state index contributed by atoms with van der Waals surface area (Å²) in [4.78, 5) is 27.0. The third-order valence-electron chi connectivity index (χ3n) is 5.11. The van der Waals surface area contributed by atoms with Crippen molar-refractivity contribution in [1.82, 2.24) is 10.2 Å². The third kappa shape index (κ3) is 4.92. The van der Waals surface area contributed by atoms with Gasteiger partial charge in [0.25, 0.3) is 5.69 Å². The first-order chi connectivity index (χ1) is 12.8. The van der Waals surface area contributed by atoms with Crippen molar-refractivity contribution in [2.75, 3.05) is 43.9 Å². The predicted molar refractivity (Wildman–Crippen MR) is 108 cm³/mol. The van der Waals surface area contributed by atoms with Gasteiger partial charge in [0.15, 0.2) is 9.84 Å². The Kier molecular flexibility index (Phi) is 7.24. The molecule has 3 rings (SSSR count). The number of carbonyl (C=O) groups excluding carboxylic acids is 1. The van der Waals surface area contributed by atoms with Gasteiger partial charge in [-0.05, 0) is 31.5 Å². The third-order valence-corrected chi connectivity index (χ3v) is 6.22. The Hall–Kier alpha value is -1.91. The molecule has 1 aromatic rings. The molecule has 0 spiro atoms. The number of hydrogen-bond donors (Lipinski definition) is 1. The maximum Gasteiger partial charge on any atom is 0.293 e. The first-order valence-electron chi connectivity index (χ1n) is 9.03. The second-order valence-corrected chi connectivity index (χ2v) is 9.01. The lowest BCUT2D eigenvalue weighted by atomic mass is 10.0.